The zero-order valence-electron chi connectivity index (χ0n) is 10.4. The predicted molar refractivity (Wildman–Crippen MR) is 71.8 cm³/mol. The minimum atomic E-state index is 0.841. The topological polar surface area (TPSA) is 3.24 Å². The molecular formula is C13H27NS. The fourth-order valence-electron chi connectivity index (χ4n) is 2.49. The van der Waals surface area contributed by atoms with Crippen LogP contribution in [0.2, 0.25) is 0 Å². The van der Waals surface area contributed by atoms with Crippen LogP contribution in [0.15, 0.2) is 0 Å². The van der Waals surface area contributed by atoms with Gasteiger partial charge in [-0.25, -0.2) is 0 Å². The number of thiol groups is 1. The van der Waals surface area contributed by atoms with Crippen LogP contribution in [0.1, 0.15) is 51.9 Å². The Morgan fingerprint density at radius 3 is 2.47 bits per heavy atom. The molecule has 0 N–H and O–H groups in total. The average Bonchev–Trinajstić information content (AvgIpc) is 2.27. The van der Waals surface area contributed by atoms with Crippen LogP contribution in [0.3, 0.4) is 0 Å². The molecule has 0 aliphatic heterocycles. The quantitative estimate of drug-likeness (QED) is 0.681. The lowest BCUT2D eigenvalue weighted by Crippen LogP contribution is -2.34. The molecule has 0 heterocycles. The fraction of sp³-hybridized carbons (Fsp3) is 1.00. The lowest BCUT2D eigenvalue weighted by atomic mass is 9.94. The van der Waals surface area contributed by atoms with Crippen LogP contribution in [-0.4, -0.2) is 30.3 Å². The Kier molecular flexibility index (Phi) is 6.74. The van der Waals surface area contributed by atoms with Crippen molar-refractivity contribution in [1.82, 2.24) is 4.90 Å². The Morgan fingerprint density at radius 1 is 1.20 bits per heavy atom. The highest BCUT2D eigenvalue weighted by molar-refractivity contribution is 7.80. The summed E-state index contributed by atoms with van der Waals surface area (Å²) >= 11 is 4.29. The van der Waals surface area contributed by atoms with Gasteiger partial charge in [0.25, 0.3) is 0 Å². The van der Waals surface area contributed by atoms with E-state index in [9.17, 15) is 0 Å². The summed E-state index contributed by atoms with van der Waals surface area (Å²) in [4.78, 5) is 2.59. The van der Waals surface area contributed by atoms with E-state index in [1.54, 1.807) is 0 Å². The van der Waals surface area contributed by atoms with Crippen molar-refractivity contribution in [3.63, 3.8) is 0 Å². The Morgan fingerprint density at radius 2 is 1.87 bits per heavy atom. The average molecular weight is 229 g/mol. The molecule has 0 aromatic carbocycles. The van der Waals surface area contributed by atoms with Crippen molar-refractivity contribution < 1.29 is 0 Å². The monoisotopic (exact) mass is 229 g/mol. The minimum absolute atomic E-state index is 0.841. The summed E-state index contributed by atoms with van der Waals surface area (Å²) in [6, 6.07) is 0.877. The highest BCUT2D eigenvalue weighted by atomic mass is 32.1. The molecule has 0 spiro atoms. The van der Waals surface area contributed by atoms with Crippen molar-refractivity contribution >= 4 is 12.6 Å². The molecule has 1 aliphatic rings. The van der Waals surface area contributed by atoms with Crippen LogP contribution in [0.25, 0.3) is 0 Å². The van der Waals surface area contributed by atoms with E-state index < -0.39 is 0 Å². The van der Waals surface area contributed by atoms with Crippen LogP contribution in [-0.2, 0) is 0 Å². The molecular weight excluding hydrogens is 202 g/mol. The van der Waals surface area contributed by atoms with Crippen LogP contribution in [0.5, 0.6) is 0 Å². The second kappa shape index (κ2) is 7.56. The van der Waals surface area contributed by atoms with Crippen molar-refractivity contribution in [2.24, 2.45) is 5.92 Å². The van der Waals surface area contributed by atoms with Gasteiger partial charge < -0.3 is 4.90 Å². The third kappa shape index (κ3) is 5.26. The van der Waals surface area contributed by atoms with E-state index in [1.807, 2.05) is 0 Å². The van der Waals surface area contributed by atoms with Crippen molar-refractivity contribution in [3.05, 3.63) is 0 Å². The van der Waals surface area contributed by atoms with Crippen molar-refractivity contribution in [1.29, 1.82) is 0 Å². The molecule has 0 radical (unpaired) electrons. The van der Waals surface area contributed by atoms with Crippen LogP contribution < -0.4 is 0 Å². The molecule has 0 saturated heterocycles. The van der Waals surface area contributed by atoms with E-state index in [4.69, 9.17) is 0 Å². The lowest BCUT2D eigenvalue weighted by Gasteiger charge is -2.31. The largest absolute Gasteiger partial charge is 0.303 e. The summed E-state index contributed by atoms with van der Waals surface area (Å²) in [6.07, 6.45) is 9.81. The first-order chi connectivity index (χ1) is 7.24. The molecule has 0 bridgehead atoms. The molecule has 0 amide bonds. The smallest absolute Gasteiger partial charge is 0.00922 e. The second-order valence-electron chi connectivity index (χ2n) is 5.18. The molecule has 1 unspecified atom stereocenters. The highest BCUT2D eigenvalue weighted by Gasteiger charge is 2.17. The fourth-order valence-corrected chi connectivity index (χ4v) is 2.93. The van der Waals surface area contributed by atoms with E-state index in [2.05, 4.69) is 31.5 Å². The van der Waals surface area contributed by atoms with Gasteiger partial charge in [-0.05, 0) is 50.9 Å². The SMILES string of the molecule is CC(CCS)CCN(C)C1CCCCC1. The molecule has 0 aromatic heterocycles. The van der Waals surface area contributed by atoms with Crippen LogP contribution in [0, 0.1) is 5.92 Å². The summed E-state index contributed by atoms with van der Waals surface area (Å²) < 4.78 is 0. The molecule has 0 aromatic rings. The van der Waals surface area contributed by atoms with Crippen molar-refractivity contribution in [2.45, 2.75) is 57.9 Å². The number of hydrogen-bond acceptors (Lipinski definition) is 2. The zero-order chi connectivity index (χ0) is 11.1. The summed E-state index contributed by atoms with van der Waals surface area (Å²) in [5.74, 6) is 1.88. The van der Waals surface area contributed by atoms with Gasteiger partial charge in [-0.3, -0.25) is 0 Å². The van der Waals surface area contributed by atoms with E-state index >= 15 is 0 Å². The molecule has 1 rings (SSSR count). The molecule has 1 fully saturated rings. The molecule has 1 atom stereocenters. The van der Waals surface area contributed by atoms with E-state index in [1.165, 1.54) is 51.5 Å². The minimum Gasteiger partial charge on any atom is -0.303 e. The maximum atomic E-state index is 4.29. The Hall–Kier alpha value is 0.310. The summed E-state index contributed by atoms with van der Waals surface area (Å²) in [5, 5.41) is 0. The summed E-state index contributed by atoms with van der Waals surface area (Å²) in [7, 11) is 2.31. The van der Waals surface area contributed by atoms with E-state index in [0.717, 1.165) is 17.7 Å². The van der Waals surface area contributed by atoms with Crippen LogP contribution in [0.4, 0.5) is 0 Å². The second-order valence-corrected chi connectivity index (χ2v) is 5.63. The zero-order valence-corrected chi connectivity index (χ0v) is 11.3. The Bertz CT molecular complexity index is 155. The number of hydrogen-bond donors (Lipinski definition) is 1. The Balaban J connectivity index is 2.13. The highest BCUT2D eigenvalue weighted by Crippen LogP contribution is 2.22. The van der Waals surface area contributed by atoms with E-state index in [-0.39, 0.29) is 0 Å². The third-order valence-electron chi connectivity index (χ3n) is 3.79. The van der Waals surface area contributed by atoms with Crippen LogP contribution >= 0.6 is 12.6 Å². The summed E-state index contributed by atoms with van der Waals surface area (Å²) in [6.45, 7) is 3.63. The molecule has 2 heteroatoms. The van der Waals surface area contributed by atoms with Gasteiger partial charge in [-0.1, -0.05) is 26.2 Å². The van der Waals surface area contributed by atoms with Gasteiger partial charge in [0.05, 0.1) is 0 Å². The number of rotatable bonds is 6. The molecule has 1 aliphatic carbocycles. The maximum absolute atomic E-state index is 4.29. The van der Waals surface area contributed by atoms with Gasteiger partial charge in [0.2, 0.25) is 0 Å². The van der Waals surface area contributed by atoms with Gasteiger partial charge in [-0.2, -0.15) is 12.6 Å². The molecule has 15 heavy (non-hydrogen) atoms. The third-order valence-corrected chi connectivity index (χ3v) is 4.05. The van der Waals surface area contributed by atoms with Gasteiger partial charge in [0.1, 0.15) is 0 Å². The van der Waals surface area contributed by atoms with Gasteiger partial charge in [0, 0.05) is 6.04 Å². The first-order valence-corrected chi connectivity index (χ1v) is 7.18. The molecule has 1 nitrogen and oxygen atoms in total. The first-order valence-electron chi connectivity index (χ1n) is 6.55. The Labute approximate surface area is 101 Å². The standard InChI is InChI=1S/C13H27NS/c1-12(9-11-15)8-10-14(2)13-6-4-3-5-7-13/h12-13,15H,3-11H2,1-2H3. The predicted octanol–water partition coefficient (Wildman–Crippen LogP) is 3.60. The maximum Gasteiger partial charge on any atom is 0.00922 e. The summed E-state index contributed by atoms with van der Waals surface area (Å²) in [5.41, 5.74) is 0. The van der Waals surface area contributed by atoms with E-state index in [0.29, 0.717) is 0 Å². The number of nitrogens with zero attached hydrogens (tertiary/aromatic N) is 1. The van der Waals surface area contributed by atoms with Crippen molar-refractivity contribution in [2.75, 3.05) is 19.3 Å². The lowest BCUT2D eigenvalue weighted by molar-refractivity contribution is 0.181. The first kappa shape index (κ1) is 13.4. The molecule has 1 saturated carbocycles. The molecule has 90 valence electrons. The van der Waals surface area contributed by atoms with Gasteiger partial charge in [-0.15, -0.1) is 0 Å². The van der Waals surface area contributed by atoms with Crippen molar-refractivity contribution in [3.8, 4) is 0 Å². The normalized spacial score (nSPS) is 20.8. The van der Waals surface area contributed by atoms with Gasteiger partial charge >= 0.3 is 0 Å². The van der Waals surface area contributed by atoms with Gasteiger partial charge in [0.15, 0.2) is 0 Å².